The van der Waals surface area contributed by atoms with Crippen molar-refractivity contribution in [2.24, 2.45) is 7.05 Å². The standard InChI is InChI=1S/C14H18N8O/c1-5-11-15-14(20-19-11)16-13(23)10-6-9(17-18-10)12-7(2)21-22(4)8(12)3/h6H,5H2,1-4H3,(H,17,18)(H2,15,16,19,20,23). The highest BCUT2D eigenvalue weighted by Gasteiger charge is 2.18. The van der Waals surface area contributed by atoms with Crippen molar-refractivity contribution in [1.29, 1.82) is 0 Å². The van der Waals surface area contributed by atoms with E-state index in [2.05, 4.69) is 35.8 Å². The van der Waals surface area contributed by atoms with Gasteiger partial charge >= 0.3 is 0 Å². The zero-order valence-corrected chi connectivity index (χ0v) is 13.4. The molecule has 9 nitrogen and oxygen atoms in total. The second-order valence-corrected chi connectivity index (χ2v) is 5.25. The Morgan fingerprint density at radius 2 is 2.09 bits per heavy atom. The van der Waals surface area contributed by atoms with E-state index in [0.717, 1.165) is 23.4 Å². The molecule has 0 unspecified atom stereocenters. The van der Waals surface area contributed by atoms with Gasteiger partial charge in [0.2, 0.25) is 5.95 Å². The van der Waals surface area contributed by atoms with E-state index < -0.39 is 0 Å². The van der Waals surface area contributed by atoms with Gasteiger partial charge in [0, 0.05) is 24.7 Å². The van der Waals surface area contributed by atoms with Gasteiger partial charge in [-0.05, 0) is 19.9 Å². The summed E-state index contributed by atoms with van der Waals surface area (Å²) in [6.07, 6.45) is 0.719. The first kappa shape index (κ1) is 14.9. The second kappa shape index (κ2) is 5.67. The van der Waals surface area contributed by atoms with Crippen molar-refractivity contribution in [3.8, 4) is 11.3 Å². The number of amides is 1. The van der Waals surface area contributed by atoms with E-state index >= 15 is 0 Å². The summed E-state index contributed by atoms with van der Waals surface area (Å²) in [6.45, 7) is 5.83. The number of H-pyrrole nitrogens is 2. The zero-order valence-electron chi connectivity index (χ0n) is 13.4. The Morgan fingerprint density at radius 3 is 2.70 bits per heavy atom. The molecule has 1 amide bonds. The fourth-order valence-electron chi connectivity index (χ4n) is 2.39. The Bertz CT molecular complexity index is 856. The molecule has 3 aromatic rings. The van der Waals surface area contributed by atoms with Crippen LogP contribution in [0.15, 0.2) is 6.07 Å². The SMILES string of the molecule is CCc1nc(NC(=O)c2cc(-c3c(C)nn(C)c3C)n[nH]2)n[nH]1. The Labute approximate surface area is 132 Å². The molecular formula is C14H18N8O. The maximum absolute atomic E-state index is 12.2. The molecule has 0 aliphatic carbocycles. The minimum atomic E-state index is -0.343. The van der Waals surface area contributed by atoms with Gasteiger partial charge in [0.15, 0.2) is 0 Å². The molecule has 3 aromatic heterocycles. The fourth-order valence-corrected chi connectivity index (χ4v) is 2.39. The van der Waals surface area contributed by atoms with E-state index in [4.69, 9.17) is 0 Å². The lowest BCUT2D eigenvalue weighted by Crippen LogP contribution is -2.13. The van der Waals surface area contributed by atoms with Gasteiger partial charge in [0.1, 0.15) is 11.5 Å². The third kappa shape index (κ3) is 2.72. The Hall–Kier alpha value is -2.97. The highest BCUT2D eigenvalue weighted by Crippen LogP contribution is 2.25. The van der Waals surface area contributed by atoms with Crippen LogP contribution in [0.5, 0.6) is 0 Å². The number of anilines is 1. The average Bonchev–Trinajstić information content (AvgIpc) is 3.20. The topological polar surface area (TPSA) is 117 Å². The number of hydrogen-bond donors (Lipinski definition) is 3. The van der Waals surface area contributed by atoms with Crippen molar-refractivity contribution in [2.75, 3.05) is 5.32 Å². The van der Waals surface area contributed by atoms with Crippen LogP contribution in [-0.2, 0) is 13.5 Å². The lowest BCUT2D eigenvalue weighted by molar-refractivity contribution is 0.102. The fraction of sp³-hybridized carbons (Fsp3) is 0.357. The molecule has 23 heavy (non-hydrogen) atoms. The molecule has 0 radical (unpaired) electrons. The van der Waals surface area contributed by atoms with Gasteiger partial charge < -0.3 is 0 Å². The van der Waals surface area contributed by atoms with E-state index in [1.165, 1.54) is 0 Å². The van der Waals surface area contributed by atoms with E-state index in [1.54, 1.807) is 10.7 Å². The summed E-state index contributed by atoms with van der Waals surface area (Å²) >= 11 is 0. The second-order valence-electron chi connectivity index (χ2n) is 5.25. The number of hydrogen-bond acceptors (Lipinski definition) is 5. The van der Waals surface area contributed by atoms with Crippen LogP contribution in [0.25, 0.3) is 11.3 Å². The van der Waals surface area contributed by atoms with Gasteiger partial charge in [-0.15, -0.1) is 5.10 Å². The lowest BCUT2D eigenvalue weighted by atomic mass is 10.1. The number of carbonyl (C=O) groups is 1. The third-order valence-electron chi connectivity index (χ3n) is 3.68. The monoisotopic (exact) mass is 314 g/mol. The van der Waals surface area contributed by atoms with Crippen LogP contribution in [0.4, 0.5) is 5.95 Å². The molecule has 3 heterocycles. The number of carbonyl (C=O) groups excluding carboxylic acids is 1. The van der Waals surface area contributed by atoms with E-state index in [0.29, 0.717) is 17.2 Å². The van der Waals surface area contributed by atoms with Crippen molar-refractivity contribution in [3.05, 3.63) is 29.0 Å². The van der Waals surface area contributed by atoms with Crippen LogP contribution in [0.3, 0.4) is 0 Å². The predicted octanol–water partition coefficient (Wildman–Crippen LogP) is 1.36. The van der Waals surface area contributed by atoms with Crippen LogP contribution >= 0.6 is 0 Å². The van der Waals surface area contributed by atoms with E-state index in [9.17, 15) is 4.79 Å². The van der Waals surface area contributed by atoms with Crippen molar-refractivity contribution in [1.82, 2.24) is 35.2 Å². The summed E-state index contributed by atoms with van der Waals surface area (Å²) in [5.41, 5.74) is 3.80. The summed E-state index contributed by atoms with van der Waals surface area (Å²) in [5, 5.41) is 20.6. The van der Waals surface area contributed by atoms with Gasteiger partial charge in [-0.1, -0.05) is 6.92 Å². The molecule has 0 atom stereocenters. The molecular weight excluding hydrogens is 296 g/mol. The predicted molar refractivity (Wildman–Crippen MR) is 84.0 cm³/mol. The normalized spacial score (nSPS) is 11.0. The lowest BCUT2D eigenvalue weighted by Gasteiger charge is -1.97. The molecule has 3 N–H and O–H groups in total. The van der Waals surface area contributed by atoms with Crippen LogP contribution < -0.4 is 5.32 Å². The van der Waals surface area contributed by atoms with Gasteiger partial charge in [-0.2, -0.15) is 15.2 Å². The summed E-state index contributed by atoms with van der Waals surface area (Å²) in [4.78, 5) is 16.4. The Kier molecular flexibility index (Phi) is 3.68. The largest absolute Gasteiger partial charge is 0.288 e. The molecule has 0 aliphatic heterocycles. The molecule has 0 bridgehead atoms. The molecule has 9 heteroatoms. The molecule has 0 saturated carbocycles. The summed E-state index contributed by atoms with van der Waals surface area (Å²) in [6, 6.07) is 1.69. The first-order chi connectivity index (χ1) is 11.0. The van der Waals surface area contributed by atoms with Gasteiger partial charge in [0.05, 0.1) is 11.4 Å². The van der Waals surface area contributed by atoms with Gasteiger partial charge in [-0.25, -0.2) is 0 Å². The Balaban J connectivity index is 1.82. The first-order valence-corrected chi connectivity index (χ1v) is 7.28. The van der Waals surface area contributed by atoms with E-state index in [-0.39, 0.29) is 11.9 Å². The van der Waals surface area contributed by atoms with Crippen LogP contribution in [0.1, 0.15) is 34.6 Å². The molecule has 3 rings (SSSR count). The minimum Gasteiger partial charge on any atom is -0.288 e. The summed E-state index contributed by atoms with van der Waals surface area (Å²) in [5.74, 6) is 0.619. The highest BCUT2D eigenvalue weighted by atomic mass is 16.2. The summed E-state index contributed by atoms with van der Waals surface area (Å²) < 4.78 is 1.79. The van der Waals surface area contributed by atoms with Crippen molar-refractivity contribution in [3.63, 3.8) is 0 Å². The van der Waals surface area contributed by atoms with Crippen LogP contribution in [-0.4, -0.2) is 41.1 Å². The average molecular weight is 314 g/mol. The maximum Gasteiger partial charge on any atom is 0.276 e. The minimum absolute atomic E-state index is 0.247. The quantitative estimate of drug-likeness (QED) is 0.672. The molecule has 0 aromatic carbocycles. The molecule has 0 aliphatic rings. The smallest absolute Gasteiger partial charge is 0.276 e. The van der Waals surface area contributed by atoms with Crippen molar-refractivity contribution < 1.29 is 4.79 Å². The van der Waals surface area contributed by atoms with Crippen molar-refractivity contribution >= 4 is 11.9 Å². The number of aromatic nitrogens is 7. The van der Waals surface area contributed by atoms with E-state index in [1.807, 2.05) is 27.8 Å². The highest BCUT2D eigenvalue weighted by molar-refractivity contribution is 6.02. The first-order valence-electron chi connectivity index (χ1n) is 7.28. The molecule has 0 saturated heterocycles. The van der Waals surface area contributed by atoms with Crippen LogP contribution in [0.2, 0.25) is 0 Å². The molecule has 0 spiro atoms. The molecule has 0 fully saturated rings. The number of nitrogens with one attached hydrogen (secondary N) is 3. The van der Waals surface area contributed by atoms with Crippen molar-refractivity contribution in [2.45, 2.75) is 27.2 Å². The third-order valence-corrected chi connectivity index (χ3v) is 3.68. The molecule has 120 valence electrons. The number of aromatic amines is 2. The number of rotatable bonds is 4. The zero-order chi connectivity index (χ0) is 16.6. The van der Waals surface area contributed by atoms with Crippen LogP contribution in [0, 0.1) is 13.8 Å². The number of nitrogens with zero attached hydrogens (tertiary/aromatic N) is 5. The maximum atomic E-state index is 12.2. The summed E-state index contributed by atoms with van der Waals surface area (Å²) in [7, 11) is 1.88. The number of aryl methyl sites for hydroxylation is 3. The van der Waals surface area contributed by atoms with Gasteiger partial charge in [-0.3, -0.25) is 25.0 Å². The van der Waals surface area contributed by atoms with Gasteiger partial charge in [0.25, 0.3) is 5.91 Å². The Morgan fingerprint density at radius 1 is 1.30 bits per heavy atom.